The molecule has 6 heteroatoms. The van der Waals surface area contributed by atoms with Gasteiger partial charge < -0.3 is 0 Å². The van der Waals surface area contributed by atoms with E-state index in [1.165, 1.54) is 0 Å². The molecule has 2 aliphatic rings. The number of nitriles is 3. The van der Waals surface area contributed by atoms with Gasteiger partial charge in [0.15, 0.2) is 5.69 Å². The maximum atomic E-state index is 10.0. The summed E-state index contributed by atoms with van der Waals surface area (Å²) >= 11 is 0. The van der Waals surface area contributed by atoms with E-state index in [2.05, 4.69) is 32.7 Å². The Morgan fingerprint density at radius 3 is 1.33 bits per heavy atom. The molecule has 0 spiro atoms. The highest BCUT2D eigenvalue weighted by Crippen LogP contribution is 2.60. The first-order chi connectivity index (χ1) is 20.6. The molecule has 0 bridgehead atoms. The molecular formula is C36H14N6. The molecule has 0 atom stereocenters. The molecular weight excluding hydrogens is 516 g/mol. The predicted molar refractivity (Wildman–Crippen MR) is 160 cm³/mol. The molecule has 4 aromatic rings. The summed E-state index contributed by atoms with van der Waals surface area (Å²) in [5, 5.41) is 29.2. The first-order valence-corrected chi connectivity index (χ1v) is 12.6. The molecule has 0 aromatic heterocycles. The Balaban J connectivity index is 1.67. The molecule has 42 heavy (non-hydrogen) atoms. The maximum absolute atomic E-state index is 10.0. The Labute approximate surface area is 242 Å². The van der Waals surface area contributed by atoms with Crippen LogP contribution in [0.2, 0.25) is 0 Å². The summed E-state index contributed by atoms with van der Waals surface area (Å²) < 4.78 is 0. The lowest BCUT2D eigenvalue weighted by atomic mass is 9.88. The second kappa shape index (κ2) is 9.97. The van der Waals surface area contributed by atoms with E-state index in [-0.39, 0.29) is 11.4 Å². The van der Waals surface area contributed by atoms with Crippen LogP contribution < -0.4 is 0 Å². The third-order valence-electron chi connectivity index (χ3n) is 7.45. The van der Waals surface area contributed by atoms with E-state index in [4.69, 9.17) is 19.7 Å². The van der Waals surface area contributed by atoms with E-state index in [0.717, 1.165) is 33.4 Å². The summed E-state index contributed by atoms with van der Waals surface area (Å²) in [6, 6.07) is 32.1. The third kappa shape index (κ3) is 3.76. The van der Waals surface area contributed by atoms with Gasteiger partial charge in [-0.1, -0.05) is 60.7 Å². The van der Waals surface area contributed by atoms with Crippen LogP contribution in [0.1, 0.15) is 27.8 Å². The van der Waals surface area contributed by atoms with Crippen molar-refractivity contribution < 1.29 is 0 Å². The summed E-state index contributed by atoms with van der Waals surface area (Å²) in [6.45, 7) is 22.8. The van der Waals surface area contributed by atoms with Gasteiger partial charge >= 0.3 is 0 Å². The van der Waals surface area contributed by atoms with E-state index in [0.29, 0.717) is 44.7 Å². The number of hydrogen-bond donors (Lipinski definition) is 0. The summed E-state index contributed by atoms with van der Waals surface area (Å²) in [5.41, 5.74) is 9.44. The van der Waals surface area contributed by atoms with Crippen LogP contribution in [0.25, 0.3) is 59.1 Å². The molecule has 188 valence electrons. The number of benzene rings is 4. The van der Waals surface area contributed by atoms with Gasteiger partial charge in [-0.15, -0.1) is 0 Å². The Bertz CT molecular complexity index is 2030. The standard InChI is InChI=1S/C36H14N6/c1-40-26-12-8-23(9-13-26)25-11-15-28-30(17-25)36-33(31(19-38)41-2)27-14-10-24(22-6-4-21(18-37)5-7-22)16-29(27)35(36)34(28)32(20-39)42-3/h4-17H/b33-31-,34-32+. The highest BCUT2D eigenvalue weighted by molar-refractivity contribution is 6.37. The SMILES string of the molecule is [C-]#[N+]/C(C#N)=C1C2=C(/C(=C(\C#N)[N+]#[C-])c3ccc(-c4ccc([N+]#[C-])cc4)cc32)c2cc(-c3ccc(C#N)cc3)ccc2\1. The molecule has 0 N–H and O–H groups in total. The Kier molecular flexibility index (Phi) is 6.01. The fraction of sp³-hybridized carbons (Fsp3) is 0. The van der Waals surface area contributed by atoms with Gasteiger partial charge in [-0.25, -0.2) is 25.1 Å². The second-order valence-corrected chi connectivity index (χ2v) is 9.51. The van der Waals surface area contributed by atoms with Crippen LogP contribution >= 0.6 is 0 Å². The first kappa shape index (κ1) is 25.3. The lowest BCUT2D eigenvalue weighted by molar-refractivity contribution is 1.47. The van der Waals surface area contributed by atoms with Gasteiger partial charge in [0.05, 0.1) is 43.5 Å². The monoisotopic (exact) mass is 530 g/mol. The van der Waals surface area contributed by atoms with Gasteiger partial charge in [-0.05, 0) is 79.9 Å². The van der Waals surface area contributed by atoms with Crippen molar-refractivity contribution in [3.05, 3.63) is 158 Å². The van der Waals surface area contributed by atoms with E-state index in [1.807, 2.05) is 60.7 Å². The van der Waals surface area contributed by atoms with Crippen molar-refractivity contribution in [1.29, 1.82) is 15.8 Å². The summed E-state index contributed by atoms with van der Waals surface area (Å²) in [4.78, 5) is 10.6. The predicted octanol–water partition coefficient (Wildman–Crippen LogP) is 8.69. The largest absolute Gasteiger partial charge is 0.270 e. The van der Waals surface area contributed by atoms with Crippen molar-refractivity contribution >= 4 is 28.0 Å². The molecule has 0 radical (unpaired) electrons. The van der Waals surface area contributed by atoms with Crippen molar-refractivity contribution in [2.75, 3.05) is 0 Å². The highest BCUT2D eigenvalue weighted by atomic mass is 14.7. The van der Waals surface area contributed by atoms with Crippen molar-refractivity contribution in [2.45, 2.75) is 0 Å². The Morgan fingerprint density at radius 1 is 0.524 bits per heavy atom. The highest BCUT2D eigenvalue weighted by Gasteiger charge is 2.39. The van der Waals surface area contributed by atoms with Gasteiger partial charge in [-0.2, -0.15) is 5.26 Å². The summed E-state index contributed by atoms with van der Waals surface area (Å²) in [5.74, 6) is 0. The van der Waals surface area contributed by atoms with Crippen molar-refractivity contribution in [2.24, 2.45) is 0 Å². The van der Waals surface area contributed by atoms with Gasteiger partial charge in [0.25, 0.3) is 11.4 Å². The molecule has 0 amide bonds. The molecule has 0 unspecified atom stereocenters. The minimum Gasteiger partial charge on any atom is -0.238 e. The van der Waals surface area contributed by atoms with Crippen LogP contribution in [0.4, 0.5) is 5.69 Å². The number of rotatable bonds is 2. The van der Waals surface area contributed by atoms with Crippen LogP contribution in [-0.2, 0) is 0 Å². The minimum absolute atomic E-state index is 0.0762. The quantitative estimate of drug-likeness (QED) is 0.192. The van der Waals surface area contributed by atoms with Crippen LogP contribution in [0.15, 0.2) is 96.3 Å². The number of hydrogen-bond acceptors (Lipinski definition) is 3. The molecule has 0 saturated heterocycles. The lowest BCUT2D eigenvalue weighted by Crippen LogP contribution is -1.96. The zero-order valence-electron chi connectivity index (χ0n) is 21.8. The smallest absolute Gasteiger partial charge is 0.238 e. The molecule has 0 fully saturated rings. The van der Waals surface area contributed by atoms with Gasteiger partial charge in [0.2, 0.25) is 0 Å². The van der Waals surface area contributed by atoms with Gasteiger partial charge in [0.1, 0.15) is 0 Å². The van der Waals surface area contributed by atoms with Crippen LogP contribution in [0.5, 0.6) is 0 Å². The number of fused-ring (bicyclic) bond motifs is 4. The third-order valence-corrected chi connectivity index (χ3v) is 7.45. The Hall–Kier alpha value is -6.96. The van der Waals surface area contributed by atoms with E-state index >= 15 is 0 Å². The topological polar surface area (TPSA) is 84.4 Å². The average molecular weight is 531 g/mol. The molecule has 0 saturated carbocycles. The fourth-order valence-electron chi connectivity index (χ4n) is 5.59. The zero-order chi connectivity index (χ0) is 29.4. The summed E-state index contributed by atoms with van der Waals surface area (Å²) in [6.07, 6.45) is 0. The minimum atomic E-state index is -0.0762. The van der Waals surface area contributed by atoms with E-state index < -0.39 is 0 Å². The fourth-order valence-corrected chi connectivity index (χ4v) is 5.59. The van der Waals surface area contributed by atoms with Gasteiger partial charge in [0, 0.05) is 11.1 Å². The molecule has 4 aromatic carbocycles. The molecule has 6 nitrogen and oxygen atoms in total. The van der Waals surface area contributed by atoms with Crippen molar-refractivity contribution in [3.63, 3.8) is 0 Å². The Morgan fingerprint density at radius 2 is 0.952 bits per heavy atom. The van der Waals surface area contributed by atoms with Crippen LogP contribution in [0, 0.1) is 53.7 Å². The van der Waals surface area contributed by atoms with E-state index in [1.54, 1.807) is 24.3 Å². The van der Waals surface area contributed by atoms with E-state index in [9.17, 15) is 15.8 Å². The molecule has 2 aliphatic carbocycles. The first-order valence-electron chi connectivity index (χ1n) is 12.6. The molecule has 0 aliphatic heterocycles. The molecule has 0 heterocycles. The second-order valence-electron chi connectivity index (χ2n) is 9.51. The average Bonchev–Trinajstić information content (AvgIpc) is 3.55. The van der Waals surface area contributed by atoms with Crippen molar-refractivity contribution in [3.8, 4) is 40.5 Å². The maximum Gasteiger partial charge on any atom is 0.270 e. The number of nitrogens with zero attached hydrogens (tertiary/aromatic N) is 6. The van der Waals surface area contributed by atoms with Crippen LogP contribution in [0.3, 0.4) is 0 Å². The molecule has 6 rings (SSSR count). The zero-order valence-corrected chi connectivity index (χ0v) is 21.8. The van der Waals surface area contributed by atoms with Crippen molar-refractivity contribution in [1.82, 2.24) is 0 Å². The van der Waals surface area contributed by atoms with Gasteiger partial charge in [-0.3, -0.25) is 0 Å². The lowest BCUT2D eigenvalue weighted by Gasteiger charge is -2.15. The summed E-state index contributed by atoms with van der Waals surface area (Å²) in [7, 11) is 0. The van der Waals surface area contributed by atoms with Crippen LogP contribution in [-0.4, -0.2) is 0 Å². The normalized spacial score (nSPS) is 14.5. The number of allylic oxidation sites excluding steroid dienone is 6.